The molecule has 0 unspecified atom stereocenters. The number of carbonyl (C=O) groups is 1. The van der Waals surface area contributed by atoms with E-state index in [9.17, 15) is 10.0 Å². The van der Waals surface area contributed by atoms with Crippen LogP contribution in [0.1, 0.15) is 5.56 Å². The second-order valence-electron chi connectivity index (χ2n) is 4.69. The zero-order valence-corrected chi connectivity index (χ0v) is 13.4. The maximum Gasteiger partial charge on any atom is 0.251 e. The Balaban J connectivity index is 1.64. The van der Waals surface area contributed by atoms with E-state index >= 15 is 0 Å². The molecule has 0 aliphatic rings. The zero-order chi connectivity index (χ0) is 15.5. The Kier molecular flexibility index (Phi) is 4.26. The molecule has 3 rings (SSSR count). The Hall–Kier alpha value is -2.12. The molecule has 0 fully saturated rings. The summed E-state index contributed by atoms with van der Waals surface area (Å²) >= 11 is 2.64. The number of benzene rings is 1. The quantitative estimate of drug-likeness (QED) is 0.453. The highest BCUT2D eigenvalue weighted by molar-refractivity contribution is 7.99. The van der Waals surface area contributed by atoms with Crippen LogP contribution in [0.5, 0.6) is 0 Å². The molecule has 0 saturated carbocycles. The number of aromatic nitrogens is 2. The van der Waals surface area contributed by atoms with Gasteiger partial charge < -0.3 is 10.5 Å². The van der Waals surface area contributed by atoms with Gasteiger partial charge in [0, 0.05) is 12.1 Å². The van der Waals surface area contributed by atoms with E-state index in [0.717, 1.165) is 20.5 Å². The molecule has 1 aromatic carbocycles. The molecule has 0 radical (unpaired) electrons. The molecule has 1 amide bonds. The van der Waals surface area contributed by atoms with Gasteiger partial charge in [-0.15, -0.1) is 0 Å². The molecule has 0 saturated heterocycles. The summed E-state index contributed by atoms with van der Waals surface area (Å²) in [7, 11) is 0. The third-order valence-electron chi connectivity index (χ3n) is 2.93. The number of nitrogens with zero attached hydrogens (tertiary/aromatic N) is 2. The molecule has 0 aliphatic carbocycles. The summed E-state index contributed by atoms with van der Waals surface area (Å²) in [5.41, 5.74) is 2.03. The Morgan fingerprint density at radius 2 is 2.27 bits per heavy atom. The van der Waals surface area contributed by atoms with Gasteiger partial charge in [0.2, 0.25) is 5.91 Å². The van der Waals surface area contributed by atoms with Gasteiger partial charge >= 0.3 is 0 Å². The number of anilines is 1. The van der Waals surface area contributed by atoms with E-state index in [2.05, 4.69) is 10.3 Å². The molecule has 2 aromatic heterocycles. The Morgan fingerprint density at radius 3 is 3.09 bits per heavy atom. The summed E-state index contributed by atoms with van der Waals surface area (Å²) in [5, 5.41) is 15.3. The van der Waals surface area contributed by atoms with Crippen LogP contribution < -0.4 is 10.0 Å². The predicted octanol–water partition coefficient (Wildman–Crippen LogP) is 2.97. The summed E-state index contributed by atoms with van der Waals surface area (Å²) < 4.78 is 1.79. The number of carbonyl (C=O) groups excluding carboxylic acids is 1. The number of thiazole rings is 1. The van der Waals surface area contributed by atoms with Gasteiger partial charge in [0.15, 0.2) is 11.3 Å². The number of amides is 1. The minimum atomic E-state index is -0.176. The summed E-state index contributed by atoms with van der Waals surface area (Å²) in [6, 6.07) is 11.1. The number of hydrogen-bond donors (Lipinski definition) is 1. The Labute approximate surface area is 135 Å². The van der Waals surface area contributed by atoms with Crippen LogP contribution in [-0.4, -0.2) is 16.6 Å². The zero-order valence-electron chi connectivity index (χ0n) is 11.8. The lowest BCUT2D eigenvalue weighted by molar-refractivity contribution is -0.645. The van der Waals surface area contributed by atoms with Gasteiger partial charge in [-0.1, -0.05) is 17.4 Å². The second kappa shape index (κ2) is 6.33. The monoisotopic (exact) mass is 331 g/mol. The Morgan fingerprint density at radius 1 is 1.41 bits per heavy atom. The van der Waals surface area contributed by atoms with Gasteiger partial charge in [-0.3, -0.25) is 4.79 Å². The van der Waals surface area contributed by atoms with Crippen LogP contribution in [0.2, 0.25) is 0 Å². The largest absolute Gasteiger partial charge is 0.618 e. The highest BCUT2D eigenvalue weighted by Gasteiger charge is 2.11. The topological polar surface area (TPSA) is 68.9 Å². The van der Waals surface area contributed by atoms with Gasteiger partial charge in [-0.05, 0) is 42.4 Å². The molecule has 112 valence electrons. The van der Waals surface area contributed by atoms with Gasteiger partial charge in [0.25, 0.3) is 5.03 Å². The standard InChI is InChI=1S/C15H13N3O2S2/c1-10-5-6-11-12(8-10)22-15(16-11)17-13(19)9-21-14-4-2-3-7-18(14)20/h2-8H,9H2,1H3,(H,16,17,19). The van der Waals surface area contributed by atoms with Crippen molar-refractivity contribution < 1.29 is 9.52 Å². The number of thioether (sulfide) groups is 1. The smallest absolute Gasteiger partial charge is 0.251 e. The first-order valence-corrected chi connectivity index (χ1v) is 8.40. The van der Waals surface area contributed by atoms with E-state index in [1.54, 1.807) is 18.2 Å². The molecule has 0 bridgehead atoms. The lowest BCUT2D eigenvalue weighted by Crippen LogP contribution is -2.28. The van der Waals surface area contributed by atoms with Crippen molar-refractivity contribution in [3.63, 3.8) is 0 Å². The van der Waals surface area contributed by atoms with Crippen LogP contribution in [0.15, 0.2) is 47.6 Å². The first kappa shape index (κ1) is 14.8. The van der Waals surface area contributed by atoms with Crippen molar-refractivity contribution in [1.29, 1.82) is 0 Å². The third kappa shape index (κ3) is 3.37. The van der Waals surface area contributed by atoms with E-state index in [4.69, 9.17) is 0 Å². The van der Waals surface area contributed by atoms with Gasteiger partial charge in [-0.2, -0.15) is 4.73 Å². The lowest BCUT2D eigenvalue weighted by atomic mass is 10.2. The number of fused-ring (bicyclic) bond motifs is 1. The molecule has 3 aromatic rings. The van der Waals surface area contributed by atoms with Gasteiger partial charge in [0.05, 0.1) is 16.0 Å². The first-order valence-electron chi connectivity index (χ1n) is 6.60. The number of nitrogens with one attached hydrogen (secondary N) is 1. The van der Waals surface area contributed by atoms with E-state index in [0.29, 0.717) is 10.2 Å². The third-order valence-corrected chi connectivity index (χ3v) is 4.88. The Bertz CT molecular complexity index is 833. The fourth-order valence-electron chi connectivity index (χ4n) is 1.90. The minimum absolute atomic E-state index is 0.168. The molecular formula is C15H13N3O2S2. The highest BCUT2D eigenvalue weighted by Crippen LogP contribution is 2.26. The summed E-state index contributed by atoms with van der Waals surface area (Å²) in [6.07, 6.45) is 1.41. The molecule has 5 nitrogen and oxygen atoms in total. The van der Waals surface area contributed by atoms with Crippen molar-refractivity contribution in [1.82, 2.24) is 4.98 Å². The maximum absolute atomic E-state index is 12.0. The molecule has 22 heavy (non-hydrogen) atoms. The van der Waals surface area contributed by atoms with Crippen LogP contribution >= 0.6 is 23.1 Å². The van der Waals surface area contributed by atoms with Crippen LogP contribution in [0, 0.1) is 12.1 Å². The lowest BCUT2D eigenvalue weighted by Gasteiger charge is -2.03. The number of hydrogen-bond acceptors (Lipinski definition) is 5. The van der Waals surface area contributed by atoms with Crippen molar-refractivity contribution >= 4 is 44.4 Å². The van der Waals surface area contributed by atoms with Crippen LogP contribution in [0.25, 0.3) is 10.2 Å². The molecular weight excluding hydrogens is 318 g/mol. The average molecular weight is 331 g/mol. The van der Waals surface area contributed by atoms with Crippen molar-refractivity contribution in [2.24, 2.45) is 0 Å². The van der Waals surface area contributed by atoms with Crippen LogP contribution in [-0.2, 0) is 4.79 Å². The normalized spacial score (nSPS) is 10.8. The molecule has 0 aliphatic heterocycles. The molecule has 2 heterocycles. The summed E-state index contributed by atoms with van der Waals surface area (Å²) in [4.78, 5) is 16.3. The molecule has 1 N–H and O–H groups in total. The second-order valence-corrected chi connectivity index (χ2v) is 6.72. The van der Waals surface area contributed by atoms with E-state index in [1.165, 1.54) is 29.3 Å². The van der Waals surface area contributed by atoms with Crippen molar-refractivity contribution in [3.8, 4) is 0 Å². The average Bonchev–Trinajstić information content (AvgIpc) is 2.87. The van der Waals surface area contributed by atoms with Crippen molar-refractivity contribution in [2.45, 2.75) is 11.9 Å². The molecule has 0 spiro atoms. The fourth-order valence-corrected chi connectivity index (χ4v) is 3.60. The van der Waals surface area contributed by atoms with Crippen LogP contribution in [0.4, 0.5) is 5.13 Å². The van der Waals surface area contributed by atoms with E-state index in [-0.39, 0.29) is 11.7 Å². The van der Waals surface area contributed by atoms with Crippen molar-refractivity contribution in [2.75, 3.05) is 11.1 Å². The fraction of sp³-hybridized carbons (Fsp3) is 0.133. The first-order chi connectivity index (χ1) is 10.6. The molecule has 7 heteroatoms. The van der Waals surface area contributed by atoms with E-state index in [1.807, 2.05) is 25.1 Å². The number of pyridine rings is 1. The minimum Gasteiger partial charge on any atom is -0.618 e. The maximum atomic E-state index is 12.0. The SMILES string of the molecule is Cc1ccc2nc(NC(=O)CSc3cccc[n+]3[O-])sc2c1. The van der Waals surface area contributed by atoms with E-state index < -0.39 is 0 Å². The number of rotatable bonds is 4. The predicted molar refractivity (Wildman–Crippen MR) is 89.1 cm³/mol. The van der Waals surface area contributed by atoms with Crippen molar-refractivity contribution in [3.05, 3.63) is 53.4 Å². The molecule has 0 atom stereocenters. The highest BCUT2D eigenvalue weighted by atomic mass is 32.2. The summed E-state index contributed by atoms with van der Waals surface area (Å²) in [6.45, 7) is 2.02. The summed E-state index contributed by atoms with van der Waals surface area (Å²) in [5.74, 6) is -0.00840. The van der Waals surface area contributed by atoms with Gasteiger partial charge in [0.1, 0.15) is 0 Å². The van der Waals surface area contributed by atoms with Crippen LogP contribution in [0.3, 0.4) is 0 Å². The number of aryl methyl sites for hydroxylation is 1. The van der Waals surface area contributed by atoms with Gasteiger partial charge in [-0.25, -0.2) is 4.98 Å².